The zero-order chi connectivity index (χ0) is 7.72. The van der Waals surface area contributed by atoms with Crippen LogP contribution in [-0.4, -0.2) is 5.11 Å². The molecule has 0 fully saturated rings. The van der Waals surface area contributed by atoms with Gasteiger partial charge in [0.15, 0.2) is 11.6 Å². The molecule has 10 heavy (non-hydrogen) atoms. The summed E-state index contributed by atoms with van der Waals surface area (Å²) in [4.78, 5) is 0. The number of hydrogen-bond acceptors (Lipinski definition) is 1. The van der Waals surface area contributed by atoms with E-state index in [0.717, 1.165) is 12.1 Å². The van der Waals surface area contributed by atoms with E-state index in [0.29, 0.717) is 0 Å². The minimum atomic E-state index is -0.763. The van der Waals surface area contributed by atoms with Crippen LogP contribution in [0.2, 0.25) is 0 Å². The van der Waals surface area contributed by atoms with Crippen LogP contribution in [0, 0.1) is 18.6 Å². The second kappa shape index (κ2) is 2.25. The summed E-state index contributed by atoms with van der Waals surface area (Å²) in [6.45, 7) is 1.39. The number of halogens is 2. The van der Waals surface area contributed by atoms with Crippen molar-refractivity contribution in [2.24, 2.45) is 0 Å². The highest BCUT2D eigenvalue weighted by atomic mass is 19.1. The van der Waals surface area contributed by atoms with Gasteiger partial charge in [-0.15, -0.1) is 0 Å². The van der Waals surface area contributed by atoms with Gasteiger partial charge in [0.25, 0.3) is 0 Å². The Hall–Kier alpha value is -1.12. The Bertz CT molecular complexity index is 235. The lowest BCUT2D eigenvalue weighted by atomic mass is 10.2. The van der Waals surface area contributed by atoms with Crippen LogP contribution < -0.4 is 0 Å². The molecule has 0 saturated heterocycles. The average molecular weight is 144 g/mol. The van der Waals surface area contributed by atoms with Crippen LogP contribution in [0.25, 0.3) is 0 Å². The zero-order valence-electron chi connectivity index (χ0n) is 5.36. The lowest BCUT2D eigenvalue weighted by molar-refractivity contribution is 0.424. The van der Waals surface area contributed by atoms with Crippen molar-refractivity contribution >= 4 is 0 Å². The molecule has 0 bridgehead atoms. The van der Waals surface area contributed by atoms with E-state index in [9.17, 15) is 8.78 Å². The summed E-state index contributed by atoms with van der Waals surface area (Å²) in [7, 11) is 0. The maximum Gasteiger partial charge on any atom is 0.167 e. The lowest BCUT2D eigenvalue weighted by Crippen LogP contribution is -1.84. The van der Waals surface area contributed by atoms with Gasteiger partial charge in [-0.05, 0) is 18.6 Å². The fraction of sp³-hybridized carbons (Fsp3) is 0.143. The highest BCUT2D eigenvalue weighted by Gasteiger charge is 2.04. The van der Waals surface area contributed by atoms with E-state index in [1.54, 1.807) is 0 Å². The average Bonchev–Trinajstić information content (AvgIpc) is 1.82. The Morgan fingerprint density at radius 2 is 1.90 bits per heavy atom. The van der Waals surface area contributed by atoms with Crippen LogP contribution in [0.5, 0.6) is 5.75 Å². The SMILES string of the molecule is Cc1cc(F)cc(O)c1F. The van der Waals surface area contributed by atoms with Gasteiger partial charge < -0.3 is 5.11 Å². The first kappa shape index (κ1) is 6.99. The molecule has 0 saturated carbocycles. The molecule has 0 heterocycles. The number of aromatic hydroxyl groups is 1. The summed E-state index contributed by atoms with van der Waals surface area (Å²) in [5.41, 5.74) is 0.109. The van der Waals surface area contributed by atoms with Gasteiger partial charge >= 0.3 is 0 Å². The Morgan fingerprint density at radius 1 is 1.30 bits per heavy atom. The number of phenols is 1. The molecule has 54 valence electrons. The van der Waals surface area contributed by atoms with Gasteiger partial charge in [-0.1, -0.05) is 0 Å². The molecule has 0 amide bonds. The van der Waals surface area contributed by atoms with Gasteiger partial charge in [0.1, 0.15) is 5.82 Å². The molecule has 0 aromatic heterocycles. The van der Waals surface area contributed by atoms with E-state index >= 15 is 0 Å². The second-order valence-electron chi connectivity index (χ2n) is 2.06. The highest BCUT2D eigenvalue weighted by molar-refractivity contribution is 5.29. The summed E-state index contributed by atoms with van der Waals surface area (Å²) in [5.74, 6) is -2.03. The van der Waals surface area contributed by atoms with Gasteiger partial charge in [0, 0.05) is 6.07 Å². The second-order valence-corrected chi connectivity index (χ2v) is 2.06. The van der Waals surface area contributed by atoms with Gasteiger partial charge in [-0.3, -0.25) is 0 Å². The number of benzene rings is 1. The third-order valence-corrected chi connectivity index (χ3v) is 1.20. The summed E-state index contributed by atoms with van der Waals surface area (Å²) in [6, 6.07) is 1.76. The molecule has 0 spiro atoms. The van der Waals surface area contributed by atoms with Gasteiger partial charge in [0.2, 0.25) is 0 Å². The molecule has 0 aliphatic rings. The van der Waals surface area contributed by atoms with E-state index in [2.05, 4.69) is 0 Å². The Kier molecular flexibility index (Phi) is 1.57. The largest absolute Gasteiger partial charge is 0.505 e. The maximum absolute atomic E-state index is 12.5. The molecule has 0 radical (unpaired) electrons. The molecule has 0 unspecified atom stereocenters. The van der Waals surface area contributed by atoms with Crippen LogP contribution >= 0.6 is 0 Å². The van der Waals surface area contributed by atoms with Crippen molar-refractivity contribution in [3.05, 3.63) is 29.3 Å². The van der Waals surface area contributed by atoms with E-state index in [4.69, 9.17) is 5.11 Å². The molecule has 0 aliphatic heterocycles. The monoisotopic (exact) mass is 144 g/mol. The van der Waals surface area contributed by atoms with E-state index in [1.165, 1.54) is 6.92 Å². The molecule has 0 aliphatic carbocycles. The number of aryl methyl sites for hydroxylation is 1. The first-order valence-corrected chi connectivity index (χ1v) is 2.76. The Labute approximate surface area is 56.9 Å². The Morgan fingerprint density at radius 3 is 2.40 bits per heavy atom. The normalized spacial score (nSPS) is 9.90. The number of phenolic OH excluding ortho intramolecular Hbond substituents is 1. The molecule has 1 N–H and O–H groups in total. The topological polar surface area (TPSA) is 20.2 Å². The van der Waals surface area contributed by atoms with Crippen molar-refractivity contribution in [1.29, 1.82) is 0 Å². The van der Waals surface area contributed by atoms with E-state index < -0.39 is 17.4 Å². The van der Waals surface area contributed by atoms with E-state index in [-0.39, 0.29) is 5.56 Å². The maximum atomic E-state index is 12.5. The zero-order valence-corrected chi connectivity index (χ0v) is 5.36. The van der Waals surface area contributed by atoms with Gasteiger partial charge in [-0.2, -0.15) is 0 Å². The molecule has 1 aromatic carbocycles. The fourth-order valence-electron chi connectivity index (χ4n) is 0.708. The molecule has 3 heteroatoms. The van der Waals surface area contributed by atoms with E-state index in [1.807, 2.05) is 0 Å². The van der Waals surface area contributed by atoms with Crippen molar-refractivity contribution in [3.8, 4) is 5.75 Å². The van der Waals surface area contributed by atoms with Crippen molar-refractivity contribution in [3.63, 3.8) is 0 Å². The standard InChI is InChI=1S/C7H6F2O/c1-4-2-5(8)3-6(10)7(4)9/h2-3,10H,1H3. The van der Waals surface area contributed by atoms with Crippen LogP contribution in [-0.2, 0) is 0 Å². The van der Waals surface area contributed by atoms with Crippen LogP contribution in [0.15, 0.2) is 12.1 Å². The van der Waals surface area contributed by atoms with Gasteiger partial charge in [-0.25, -0.2) is 8.78 Å². The molecule has 1 nitrogen and oxygen atoms in total. The van der Waals surface area contributed by atoms with Crippen LogP contribution in [0.4, 0.5) is 8.78 Å². The van der Waals surface area contributed by atoms with Crippen molar-refractivity contribution in [1.82, 2.24) is 0 Å². The highest BCUT2D eigenvalue weighted by Crippen LogP contribution is 2.19. The quantitative estimate of drug-likeness (QED) is 0.590. The predicted molar refractivity (Wildman–Crippen MR) is 32.8 cm³/mol. The molecule has 0 atom stereocenters. The fourth-order valence-corrected chi connectivity index (χ4v) is 0.708. The number of hydrogen-bond donors (Lipinski definition) is 1. The third-order valence-electron chi connectivity index (χ3n) is 1.20. The molecular weight excluding hydrogens is 138 g/mol. The van der Waals surface area contributed by atoms with Gasteiger partial charge in [0.05, 0.1) is 0 Å². The molecular formula is C7H6F2O. The van der Waals surface area contributed by atoms with Crippen molar-refractivity contribution in [2.75, 3.05) is 0 Å². The predicted octanol–water partition coefficient (Wildman–Crippen LogP) is 1.98. The van der Waals surface area contributed by atoms with Crippen LogP contribution in [0.1, 0.15) is 5.56 Å². The third kappa shape index (κ3) is 1.07. The minimum absolute atomic E-state index is 0.109. The van der Waals surface area contributed by atoms with Crippen molar-refractivity contribution < 1.29 is 13.9 Å². The molecule has 1 rings (SSSR count). The smallest absolute Gasteiger partial charge is 0.167 e. The summed E-state index contributed by atoms with van der Waals surface area (Å²) >= 11 is 0. The lowest BCUT2D eigenvalue weighted by Gasteiger charge is -1.97. The molecule has 1 aromatic rings. The summed E-state index contributed by atoms with van der Waals surface area (Å²) in [5, 5.41) is 8.67. The summed E-state index contributed by atoms with van der Waals surface area (Å²) in [6.07, 6.45) is 0. The van der Waals surface area contributed by atoms with Crippen molar-refractivity contribution in [2.45, 2.75) is 6.92 Å². The Balaban J connectivity index is 3.31. The van der Waals surface area contributed by atoms with Crippen LogP contribution in [0.3, 0.4) is 0 Å². The first-order valence-electron chi connectivity index (χ1n) is 2.76. The summed E-state index contributed by atoms with van der Waals surface area (Å²) < 4.78 is 24.8. The minimum Gasteiger partial charge on any atom is -0.505 e. The first-order chi connectivity index (χ1) is 4.61. The number of rotatable bonds is 0.